The summed E-state index contributed by atoms with van der Waals surface area (Å²) in [7, 11) is 1.57. The first-order valence-electron chi connectivity index (χ1n) is 11.8. The number of ether oxygens (including phenoxy) is 3. The summed E-state index contributed by atoms with van der Waals surface area (Å²) in [5, 5.41) is 0. The minimum absolute atomic E-state index is 0.0189. The van der Waals surface area contributed by atoms with Gasteiger partial charge >= 0.3 is 5.97 Å². The highest BCUT2D eigenvalue weighted by molar-refractivity contribution is 5.73. The van der Waals surface area contributed by atoms with Crippen LogP contribution >= 0.6 is 0 Å². The fourth-order valence-electron chi connectivity index (χ4n) is 4.40. The maximum atomic E-state index is 14.4. The Morgan fingerprint density at radius 2 is 1.85 bits per heavy atom. The molecule has 0 saturated heterocycles. The first-order valence-corrected chi connectivity index (χ1v) is 11.8. The van der Waals surface area contributed by atoms with E-state index in [9.17, 15) is 9.18 Å². The molecule has 1 heterocycles. The number of halogens is 1. The second kappa shape index (κ2) is 10.3. The predicted molar refractivity (Wildman–Crippen MR) is 131 cm³/mol. The van der Waals surface area contributed by atoms with E-state index in [0.717, 1.165) is 35.3 Å². The topological polar surface area (TPSA) is 44.8 Å². The highest BCUT2D eigenvalue weighted by atomic mass is 19.1. The molecule has 4 nitrogen and oxygen atoms in total. The summed E-state index contributed by atoms with van der Waals surface area (Å²) >= 11 is 0. The van der Waals surface area contributed by atoms with Gasteiger partial charge in [0.15, 0.2) is 0 Å². The number of hydrogen-bond donors (Lipinski definition) is 0. The molecule has 1 aliphatic heterocycles. The van der Waals surface area contributed by atoms with Gasteiger partial charge in [-0.25, -0.2) is 4.39 Å². The molecule has 1 aliphatic rings. The van der Waals surface area contributed by atoms with Crippen LogP contribution in [0.5, 0.6) is 11.5 Å². The molecule has 0 bridgehead atoms. The molecule has 0 spiro atoms. The van der Waals surface area contributed by atoms with Gasteiger partial charge in [-0.05, 0) is 72.2 Å². The Hall–Kier alpha value is -3.34. The van der Waals surface area contributed by atoms with E-state index in [1.165, 1.54) is 11.6 Å². The van der Waals surface area contributed by atoms with Crippen LogP contribution in [0, 0.1) is 11.7 Å². The summed E-state index contributed by atoms with van der Waals surface area (Å²) < 4.78 is 31.2. The van der Waals surface area contributed by atoms with Gasteiger partial charge in [0.05, 0.1) is 19.6 Å². The number of esters is 1. The molecule has 3 unspecified atom stereocenters. The zero-order chi connectivity index (χ0) is 24.2. The number of benzene rings is 3. The fourth-order valence-corrected chi connectivity index (χ4v) is 4.40. The van der Waals surface area contributed by atoms with Crippen molar-refractivity contribution in [3.8, 4) is 22.6 Å². The standard InChI is InChI=1S/C29H31FO4/c1-5-33-29(31)19(3)18(2)23-11-10-22-12-15-27(34-28(22)16-23)21-8-6-20(7-9-21)25-17-24(32-4)13-14-26(25)30/h6-11,13-14,16-19,27H,5,12,15H2,1-4H3. The van der Waals surface area contributed by atoms with E-state index in [1.54, 1.807) is 19.2 Å². The zero-order valence-corrected chi connectivity index (χ0v) is 20.1. The zero-order valence-electron chi connectivity index (χ0n) is 20.1. The van der Waals surface area contributed by atoms with Gasteiger partial charge in [-0.15, -0.1) is 0 Å². The molecule has 4 rings (SSSR count). The van der Waals surface area contributed by atoms with Crippen molar-refractivity contribution in [1.82, 2.24) is 0 Å². The van der Waals surface area contributed by atoms with Gasteiger partial charge in [0, 0.05) is 5.56 Å². The van der Waals surface area contributed by atoms with Crippen LogP contribution in [0.1, 0.15) is 55.9 Å². The Bertz CT molecular complexity index is 1160. The molecule has 3 aromatic carbocycles. The molecular formula is C29H31FO4. The molecule has 0 aromatic heterocycles. The number of fused-ring (bicyclic) bond motifs is 1. The predicted octanol–water partition coefficient (Wildman–Crippen LogP) is 6.87. The minimum Gasteiger partial charge on any atom is -0.497 e. The summed E-state index contributed by atoms with van der Waals surface area (Å²) in [6.07, 6.45) is 1.70. The van der Waals surface area contributed by atoms with E-state index in [1.807, 2.05) is 45.0 Å². The Labute approximate surface area is 200 Å². The van der Waals surface area contributed by atoms with Crippen molar-refractivity contribution >= 4 is 5.97 Å². The largest absolute Gasteiger partial charge is 0.497 e. The van der Waals surface area contributed by atoms with E-state index in [-0.39, 0.29) is 29.7 Å². The van der Waals surface area contributed by atoms with Crippen LogP contribution in [-0.2, 0) is 16.0 Å². The van der Waals surface area contributed by atoms with E-state index in [2.05, 4.69) is 18.2 Å². The van der Waals surface area contributed by atoms with E-state index in [0.29, 0.717) is 17.9 Å². The van der Waals surface area contributed by atoms with Gasteiger partial charge in [-0.2, -0.15) is 0 Å². The highest BCUT2D eigenvalue weighted by Gasteiger charge is 2.26. The van der Waals surface area contributed by atoms with E-state index >= 15 is 0 Å². The minimum atomic E-state index is -0.282. The van der Waals surface area contributed by atoms with Crippen molar-refractivity contribution in [1.29, 1.82) is 0 Å². The van der Waals surface area contributed by atoms with Crippen LogP contribution in [-0.4, -0.2) is 19.7 Å². The number of aryl methyl sites for hydroxylation is 1. The van der Waals surface area contributed by atoms with Gasteiger partial charge in [0.2, 0.25) is 0 Å². The van der Waals surface area contributed by atoms with Crippen molar-refractivity contribution in [3.63, 3.8) is 0 Å². The first kappa shape index (κ1) is 23.8. The molecule has 0 saturated carbocycles. The molecular weight excluding hydrogens is 431 g/mol. The van der Waals surface area contributed by atoms with Crippen molar-refractivity contribution in [2.24, 2.45) is 5.92 Å². The second-order valence-electron chi connectivity index (χ2n) is 8.81. The number of rotatable bonds is 7. The summed E-state index contributed by atoms with van der Waals surface area (Å²) in [6.45, 7) is 6.15. The maximum absolute atomic E-state index is 14.4. The van der Waals surface area contributed by atoms with Crippen molar-refractivity contribution in [2.45, 2.75) is 45.6 Å². The first-order chi connectivity index (χ1) is 16.4. The molecule has 5 heteroatoms. The maximum Gasteiger partial charge on any atom is 0.309 e. The Balaban J connectivity index is 1.52. The highest BCUT2D eigenvalue weighted by Crippen LogP contribution is 2.38. The van der Waals surface area contributed by atoms with Crippen LogP contribution in [0.2, 0.25) is 0 Å². The Kier molecular flexibility index (Phi) is 7.20. The normalized spacial score (nSPS) is 16.7. The molecule has 0 amide bonds. The summed E-state index contributed by atoms with van der Waals surface area (Å²) in [5.74, 6) is 0.802. The average Bonchev–Trinajstić information content (AvgIpc) is 2.87. The lowest BCUT2D eigenvalue weighted by atomic mass is 9.87. The van der Waals surface area contributed by atoms with Crippen molar-refractivity contribution < 1.29 is 23.4 Å². The van der Waals surface area contributed by atoms with Gasteiger partial charge in [-0.3, -0.25) is 4.79 Å². The van der Waals surface area contributed by atoms with Crippen LogP contribution in [0.25, 0.3) is 11.1 Å². The quantitative estimate of drug-likeness (QED) is 0.360. The molecule has 178 valence electrons. The number of carbonyl (C=O) groups is 1. The molecule has 0 fully saturated rings. The second-order valence-corrected chi connectivity index (χ2v) is 8.81. The lowest BCUT2D eigenvalue weighted by Crippen LogP contribution is -2.21. The van der Waals surface area contributed by atoms with E-state index in [4.69, 9.17) is 14.2 Å². The third-order valence-electron chi connectivity index (χ3n) is 6.74. The average molecular weight is 463 g/mol. The van der Waals surface area contributed by atoms with Crippen molar-refractivity contribution in [2.75, 3.05) is 13.7 Å². The molecule has 0 radical (unpaired) electrons. The van der Waals surface area contributed by atoms with E-state index < -0.39 is 0 Å². The summed E-state index contributed by atoms with van der Waals surface area (Å²) in [5.41, 5.74) is 4.58. The smallest absolute Gasteiger partial charge is 0.309 e. The number of hydrogen-bond acceptors (Lipinski definition) is 4. The Morgan fingerprint density at radius 1 is 1.09 bits per heavy atom. The summed E-state index contributed by atoms with van der Waals surface area (Å²) in [4.78, 5) is 12.2. The van der Waals surface area contributed by atoms with Crippen LogP contribution in [0.15, 0.2) is 60.7 Å². The summed E-state index contributed by atoms with van der Waals surface area (Å²) in [6, 6.07) is 18.8. The van der Waals surface area contributed by atoms with Crippen LogP contribution in [0.4, 0.5) is 4.39 Å². The van der Waals surface area contributed by atoms with Crippen LogP contribution < -0.4 is 9.47 Å². The van der Waals surface area contributed by atoms with Gasteiger partial charge < -0.3 is 14.2 Å². The monoisotopic (exact) mass is 462 g/mol. The van der Waals surface area contributed by atoms with Crippen molar-refractivity contribution in [3.05, 3.63) is 83.2 Å². The Morgan fingerprint density at radius 3 is 2.56 bits per heavy atom. The third-order valence-corrected chi connectivity index (χ3v) is 6.74. The van der Waals surface area contributed by atoms with Gasteiger partial charge in [-0.1, -0.05) is 50.2 Å². The van der Waals surface area contributed by atoms with Crippen LogP contribution in [0.3, 0.4) is 0 Å². The molecule has 3 aromatic rings. The lowest BCUT2D eigenvalue weighted by molar-refractivity contribution is -0.148. The third kappa shape index (κ3) is 4.93. The molecule has 34 heavy (non-hydrogen) atoms. The van der Waals surface area contributed by atoms with Gasteiger partial charge in [0.25, 0.3) is 0 Å². The molecule has 0 aliphatic carbocycles. The number of methoxy groups -OCH3 is 1. The SMILES string of the molecule is CCOC(=O)C(C)C(C)c1ccc2c(c1)OC(c1ccc(-c3cc(OC)ccc3F)cc1)CC2. The fraction of sp³-hybridized carbons (Fsp3) is 0.345. The lowest BCUT2D eigenvalue weighted by Gasteiger charge is -2.28. The number of carbonyl (C=O) groups excluding carboxylic acids is 1. The van der Waals surface area contributed by atoms with Gasteiger partial charge in [0.1, 0.15) is 23.4 Å². The molecule has 3 atom stereocenters. The molecule has 0 N–H and O–H groups in total.